The van der Waals surface area contributed by atoms with Gasteiger partial charge >= 0.3 is 58.7 Å². The van der Waals surface area contributed by atoms with Crippen molar-refractivity contribution in [2.24, 2.45) is 5.73 Å². The molecule has 0 saturated carbocycles. The molecule has 0 bridgehead atoms. The van der Waals surface area contributed by atoms with Crippen LogP contribution in [0.1, 0.15) is 13.3 Å². The molecule has 0 aliphatic carbocycles. The summed E-state index contributed by atoms with van der Waals surface area (Å²) in [6.07, 6.45) is -0.0251. The van der Waals surface area contributed by atoms with Crippen LogP contribution >= 0.6 is 7.94 Å². The van der Waals surface area contributed by atoms with Crippen LogP contribution in [0.2, 0.25) is 0 Å². The van der Waals surface area contributed by atoms with E-state index in [2.05, 4.69) is 0 Å². The zero-order valence-electron chi connectivity index (χ0n) is 5.78. The molecule has 0 fully saturated rings. The Kier molecular flexibility index (Phi) is 3.16. The Labute approximate surface area is 59.7 Å². The van der Waals surface area contributed by atoms with Gasteiger partial charge in [0.1, 0.15) is 0 Å². The van der Waals surface area contributed by atoms with Crippen LogP contribution in [-0.4, -0.2) is 31.7 Å². The van der Waals surface area contributed by atoms with E-state index in [0.717, 1.165) is 6.92 Å². The summed E-state index contributed by atoms with van der Waals surface area (Å²) in [5.41, 5.74) is 5.04. The van der Waals surface area contributed by atoms with Gasteiger partial charge in [-0.3, -0.25) is 0 Å². The van der Waals surface area contributed by atoms with Gasteiger partial charge in [0.25, 0.3) is 0 Å². The fourth-order valence-corrected chi connectivity index (χ4v) is 0.929. The normalized spacial score (nSPS) is 20.2. The van der Waals surface area contributed by atoms with Crippen LogP contribution < -0.4 is 5.73 Å². The number of nitrogens with two attached hydrogens (primary N) is 1. The molecule has 0 aromatic carbocycles. The van der Waals surface area contributed by atoms with Gasteiger partial charge in [-0.05, 0) is 0 Å². The molecule has 5 nitrogen and oxygen atoms in total. The quantitative estimate of drug-likeness (QED) is 0.333. The molecule has 0 aliphatic heterocycles. The molecule has 0 aliphatic rings. The molecule has 64 valence electrons. The van der Waals surface area contributed by atoms with Crippen LogP contribution in [0.5, 0.6) is 0 Å². The molecule has 0 saturated heterocycles. The molecule has 0 amide bonds. The van der Waals surface area contributed by atoms with Gasteiger partial charge in [0.2, 0.25) is 0 Å². The van der Waals surface area contributed by atoms with Crippen molar-refractivity contribution in [1.29, 1.82) is 0 Å². The maximum atomic E-state index is 9.08. The van der Waals surface area contributed by atoms with Gasteiger partial charge in [-0.1, -0.05) is 0 Å². The van der Waals surface area contributed by atoms with Crippen molar-refractivity contribution in [3.05, 3.63) is 0 Å². The maximum absolute atomic E-state index is 9.08. The van der Waals surface area contributed by atoms with Gasteiger partial charge in [-0.2, -0.15) is 0 Å². The van der Waals surface area contributed by atoms with E-state index in [1.807, 2.05) is 0 Å². The zero-order chi connectivity index (χ0) is 8.41. The average molecular weight is 171 g/mol. The summed E-state index contributed by atoms with van der Waals surface area (Å²) in [7, 11) is -4.43. The summed E-state index contributed by atoms with van der Waals surface area (Å²) < 4.78 is 0. The fraction of sp³-hybridized carbons (Fsp3) is 1.00. The van der Waals surface area contributed by atoms with E-state index in [9.17, 15) is 0 Å². The Morgan fingerprint density at radius 2 is 1.80 bits per heavy atom. The van der Waals surface area contributed by atoms with E-state index >= 15 is 0 Å². The number of rotatable bonds is 3. The molecule has 0 radical (unpaired) electrons. The fourth-order valence-electron chi connectivity index (χ4n) is 0.449. The second-order valence-electron chi connectivity index (χ2n) is 2.45. The van der Waals surface area contributed by atoms with Gasteiger partial charge in [0, 0.05) is 0 Å². The summed E-state index contributed by atoms with van der Waals surface area (Å²) >= 11 is 0. The Morgan fingerprint density at radius 1 is 1.40 bits per heavy atom. The molecular formula is C4H14NO4P. The predicted octanol–water partition coefficient (Wildman–Crippen LogP) is -1.48. The molecule has 0 aromatic rings. The van der Waals surface area contributed by atoms with Crippen molar-refractivity contribution < 1.29 is 19.8 Å². The van der Waals surface area contributed by atoms with Crippen molar-refractivity contribution in [1.82, 2.24) is 0 Å². The first-order valence-corrected chi connectivity index (χ1v) is 4.75. The standard InChI is InChI=1S/C4H14NO4P/c1-4(6,2-3-5)10(7,8)9/h6-10H,2-3,5H2,1H3. The van der Waals surface area contributed by atoms with Crippen molar-refractivity contribution in [3.63, 3.8) is 0 Å². The summed E-state index contributed by atoms with van der Waals surface area (Å²) in [6.45, 7) is 1.25. The van der Waals surface area contributed by atoms with Gasteiger partial charge < -0.3 is 0 Å². The number of aliphatic hydroxyl groups is 1. The van der Waals surface area contributed by atoms with Gasteiger partial charge in [-0.15, -0.1) is 0 Å². The topological polar surface area (TPSA) is 107 Å². The Hall–Kier alpha value is 0.230. The third-order valence-electron chi connectivity index (χ3n) is 1.35. The van der Waals surface area contributed by atoms with Crippen molar-refractivity contribution in [2.45, 2.75) is 18.7 Å². The summed E-state index contributed by atoms with van der Waals surface area (Å²) in [5, 5.41) is 7.25. The first-order chi connectivity index (χ1) is 4.31. The van der Waals surface area contributed by atoms with E-state index in [-0.39, 0.29) is 13.0 Å². The minimum absolute atomic E-state index is 0.0251. The molecule has 0 spiro atoms. The van der Waals surface area contributed by atoms with E-state index < -0.39 is 13.3 Å². The van der Waals surface area contributed by atoms with E-state index in [1.165, 1.54) is 0 Å². The molecule has 6 heteroatoms. The van der Waals surface area contributed by atoms with E-state index in [0.29, 0.717) is 0 Å². The van der Waals surface area contributed by atoms with Crippen molar-refractivity contribution >= 4 is 7.94 Å². The molecule has 1 unspecified atom stereocenters. The number of hydrogen-bond acceptors (Lipinski definition) is 5. The first kappa shape index (κ1) is 10.2. The Bertz CT molecular complexity index is 110. The summed E-state index contributed by atoms with van der Waals surface area (Å²) in [5.74, 6) is 0. The average Bonchev–Trinajstić information content (AvgIpc) is 1.61. The molecule has 1 atom stereocenters. The van der Waals surface area contributed by atoms with Gasteiger partial charge in [0.15, 0.2) is 0 Å². The molecule has 0 heterocycles. The monoisotopic (exact) mass is 171 g/mol. The summed E-state index contributed by atoms with van der Waals surface area (Å²) in [6, 6.07) is 0. The minimum atomic E-state index is -4.43. The van der Waals surface area contributed by atoms with E-state index in [1.54, 1.807) is 0 Å². The van der Waals surface area contributed by atoms with Gasteiger partial charge in [0.05, 0.1) is 0 Å². The van der Waals surface area contributed by atoms with Crippen molar-refractivity contribution in [3.8, 4) is 0 Å². The first-order valence-electron chi connectivity index (χ1n) is 2.91. The number of hydrogen-bond donors (Lipinski definition) is 5. The van der Waals surface area contributed by atoms with Crippen LogP contribution in [0, 0.1) is 0 Å². The Morgan fingerprint density at radius 3 is 1.90 bits per heavy atom. The van der Waals surface area contributed by atoms with Crippen LogP contribution in [0.25, 0.3) is 0 Å². The van der Waals surface area contributed by atoms with Crippen LogP contribution in [0.3, 0.4) is 0 Å². The van der Waals surface area contributed by atoms with E-state index in [4.69, 9.17) is 25.5 Å². The van der Waals surface area contributed by atoms with Gasteiger partial charge in [-0.25, -0.2) is 0 Å². The second kappa shape index (κ2) is 3.09. The third kappa shape index (κ3) is 2.46. The molecular weight excluding hydrogens is 157 g/mol. The second-order valence-corrected chi connectivity index (χ2v) is 4.80. The Balaban J connectivity index is 4.10. The third-order valence-corrected chi connectivity index (χ3v) is 3.05. The molecule has 10 heavy (non-hydrogen) atoms. The van der Waals surface area contributed by atoms with Crippen LogP contribution in [0.4, 0.5) is 0 Å². The van der Waals surface area contributed by atoms with Crippen LogP contribution in [-0.2, 0) is 0 Å². The molecule has 0 rings (SSSR count). The summed E-state index contributed by atoms with van der Waals surface area (Å²) in [4.78, 5) is 25.9. The SMILES string of the molecule is CC(O)(CCN)[PH](O)(O)O. The van der Waals surface area contributed by atoms with Crippen LogP contribution in [0.15, 0.2) is 0 Å². The molecule has 0 aromatic heterocycles. The zero-order valence-corrected chi connectivity index (χ0v) is 6.78. The molecule has 6 N–H and O–H groups in total. The predicted molar refractivity (Wildman–Crippen MR) is 39.3 cm³/mol. The van der Waals surface area contributed by atoms with Crippen molar-refractivity contribution in [2.75, 3.05) is 6.54 Å².